The standard InChI is InChI=1S/C17H22N4O5S/c1-11(2)21-15(9-10-18-21)19-16(22)12(3)26-17(23)13-7-5-6-8-14(13)20-27(4,24)25/h5-12,20H,1-4H3,(H,19,22)/t12-/m1/s1. The van der Waals surface area contributed by atoms with Crippen molar-refractivity contribution < 1.29 is 22.7 Å². The summed E-state index contributed by atoms with van der Waals surface area (Å²) in [5, 5.41) is 6.77. The highest BCUT2D eigenvalue weighted by Gasteiger charge is 2.22. The molecule has 1 atom stereocenters. The number of hydrogen-bond donors (Lipinski definition) is 2. The topological polar surface area (TPSA) is 119 Å². The van der Waals surface area contributed by atoms with Crippen LogP contribution in [0.3, 0.4) is 0 Å². The predicted octanol–water partition coefficient (Wildman–Crippen LogP) is 2.02. The first kappa shape index (κ1) is 20.4. The molecule has 0 fully saturated rings. The summed E-state index contributed by atoms with van der Waals surface area (Å²) in [5.41, 5.74) is 0.0882. The smallest absolute Gasteiger partial charge is 0.341 e. The Kier molecular flexibility index (Phi) is 6.21. The predicted molar refractivity (Wildman–Crippen MR) is 101 cm³/mol. The van der Waals surface area contributed by atoms with E-state index in [9.17, 15) is 18.0 Å². The van der Waals surface area contributed by atoms with E-state index in [0.717, 1.165) is 6.26 Å². The zero-order valence-corrected chi connectivity index (χ0v) is 16.3. The maximum Gasteiger partial charge on any atom is 0.341 e. The molecule has 2 N–H and O–H groups in total. The molecule has 0 aliphatic carbocycles. The Morgan fingerprint density at radius 1 is 1.15 bits per heavy atom. The van der Waals surface area contributed by atoms with Crippen LogP contribution < -0.4 is 10.0 Å². The van der Waals surface area contributed by atoms with Gasteiger partial charge in [-0.1, -0.05) is 12.1 Å². The normalized spacial score (nSPS) is 12.5. The molecule has 1 aromatic heterocycles. The maximum absolute atomic E-state index is 12.4. The largest absolute Gasteiger partial charge is 0.449 e. The van der Waals surface area contributed by atoms with Crippen LogP contribution in [0.25, 0.3) is 0 Å². The van der Waals surface area contributed by atoms with E-state index in [1.807, 2.05) is 13.8 Å². The lowest BCUT2D eigenvalue weighted by Gasteiger charge is -2.16. The molecule has 1 aromatic carbocycles. The van der Waals surface area contributed by atoms with E-state index in [0.29, 0.717) is 5.82 Å². The van der Waals surface area contributed by atoms with Crippen LogP contribution in [0.2, 0.25) is 0 Å². The minimum Gasteiger partial charge on any atom is -0.449 e. The minimum atomic E-state index is -3.57. The summed E-state index contributed by atoms with van der Waals surface area (Å²) in [4.78, 5) is 24.7. The summed E-state index contributed by atoms with van der Waals surface area (Å²) in [6, 6.07) is 7.67. The highest BCUT2D eigenvalue weighted by atomic mass is 32.2. The number of nitrogens with one attached hydrogen (secondary N) is 2. The van der Waals surface area contributed by atoms with Crippen LogP contribution in [-0.4, -0.2) is 42.4 Å². The molecule has 0 saturated heterocycles. The number of anilines is 2. The summed E-state index contributed by atoms with van der Waals surface area (Å²) in [5.74, 6) is -0.863. The fraction of sp³-hybridized carbons (Fsp3) is 0.353. The molecule has 9 nitrogen and oxygen atoms in total. The average Bonchev–Trinajstić information content (AvgIpc) is 3.02. The van der Waals surface area contributed by atoms with Gasteiger partial charge < -0.3 is 10.1 Å². The van der Waals surface area contributed by atoms with Gasteiger partial charge in [0.1, 0.15) is 5.82 Å². The number of carbonyl (C=O) groups excluding carboxylic acids is 2. The number of esters is 1. The minimum absolute atomic E-state index is 0.00907. The Bertz CT molecular complexity index is 936. The van der Waals surface area contributed by atoms with Crippen molar-refractivity contribution in [3.05, 3.63) is 42.1 Å². The second-order valence-corrected chi connectivity index (χ2v) is 7.96. The SMILES string of the molecule is CC(C)n1nccc1NC(=O)[C@@H](C)OC(=O)c1ccccc1NS(C)(=O)=O. The third kappa shape index (κ3) is 5.55. The monoisotopic (exact) mass is 394 g/mol. The molecule has 1 amide bonds. The number of hydrogen-bond acceptors (Lipinski definition) is 6. The summed E-state index contributed by atoms with van der Waals surface area (Å²) < 4.78 is 31.9. The van der Waals surface area contributed by atoms with Crippen LogP contribution in [-0.2, 0) is 19.6 Å². The van der Waals surface area contributed by atoms with E-state index in [1.54, 1.807) is 29.1 Å². The van der Waals surface area contributed by atoms with Gasteiger partial charge in [-0.2, -0.15) is 5.10 Å². The number of carbonyl (C=O) groups is 2. The molecule has 2 rings (SSSR count). The molecule has 0 aliphatic rings. The van der Waals surface area contributed by atoms with Crippen molar-refractivity contribution in [2.24, 2.45) is 0 Å². The molecule has 2 aromatic rings. The molecule has 0 radical (unpaired) electrons. The lowest BCUT2D eigenvalue weighted by molar-refractivity contribution is -0.123. The van der Waals surface area contributed by atoms with Crippen molar-refractivity contribution in [3.63, 3.8) is 0 Å². The molecule has 0 bridgehead atoms. The van der Waals surface area contributed by atoms with E-state index in [2.05, 4.69) is 15.1 Å². The van der Waals surface area contributed by atoms with Crippen LogP contribution >= 0.6 is 0 Å². The molecule has 146 valence electrons. The van der Waals surface area contributed by atoms with Gasteiger partial charge in [-0.25, -0.2) is 17.9 Å². The third-order valence-corrected chi connectivity index (χ3v) is 4.10. The first-order valence-electron chi connectivity index (χ1n) is 8.20. The molecular weight excluding hydrogens is 372 g/mol. The van der Waals surface area contributed by atoms with E-state index in [-0.39, 0.29) is 17.3 Å². The Hall–Kier alpha value is -2.88. The van der Waals surface area contributed by atoms with Gasteiger partial charge in [0.25, 0.3) is 5.91 Å². The lowest BCUT2D eigenvalue weighted by atomic mass is 10.2. The van der Waals surface area contributed by atoms with Gasteiger partial charge in [-0.3, -0.25) is 9.52 Å². The van der Waals surface area contributed by atoms with Crippen LogP contribution in [0.4, 0.5) is 11.5 Å². The van der Waals surface area contributed by atoms with E-state index in [1.165, 1.54) is 19.1 Å². The van der Waals surface area contributed by atoms with Gasteiger partial charge in [0.2, 0.25) is 10.0 Å². The van der Waals surface area contributed by atoms with Crippen LogP contribution in [0.5, 0.6) is 0 Å². The van der Waals surface area contributed by atoms with Crippen LogP contribution in [0.1, 0.15) is 37.2 Å². The first-order chi connectivity index (χ1) is 12.6. The highest BCUT2D eigenvalue weighted by Crippen LogP contribution is 2.19. The third-order valence-electron chi connectivity index (χ3n) is 3.51. The van der Waals surface area contributed by atoms with Crippen molar-refractivity contribution in [2.45, 2.75) is 32.9 Å². The molecule has 0 aliphatic heterocycles. The van der Waals surface area contributed by atoms with E-state index < -0.39 is 28.0 Å². The van der Waals surface area contributed by atoms with Crippen LogP contribution in [0.15, 0.2) is 36.5 Å². The van der Waals surface area contributed by atoms with Crippen molar-refractivity contribution in [1.29, 1.82) is 0 Å². The van der Waals surface area contributed by atoms with E-state index >= 15 is 0 Å². The van der Waals surface area contributed by atoms with Gasteiger partial charge >= 0.3 is 5.97 Å². The lowest BCUT2D eigenvalue weighted by Crippen LogP contribution is -2.31. The second-order valence-electron chi connectivity index (χ2n) is 6.21. The molecule has 0 spiro atoms. The number of nitrogens with zero attached hydrogens (tertiary/aromatic N) is 2. The quantitative estimate of drug-likeness (QED) is 0.694. The zero-order chi connectivity index (χ0) is 20.2. The van der Waals surface area contributed by atoms with Gasteiger partial charge in [0.15, 0.2) is 6.10 Å². The Morgan fingerprint density at radius 2 is 1.81 bits per heavy atom. The van der Waals surface area contributed by atoms with Crippen molar-refractivity contribution in [3.8, 4) is 0 Å². The second kappa shape index (κ2) is 8.21. The Morgan fingerprint density at radius 3 is 2.44 bits per heavy atom. The summed E-state index contributed by atoms with van der Waals surface area (Å²) >= 11 is 0. The maximum atomic E-state index is 12.4. The number of rotatable bonds is 7. The van der Waals surface area contributed by atoms with Crippen molar-refractivity contribution in [1.82, 2.24) is 9.78 Å². The molecule has 0 unspecified atom stereocenters. The van der Waals surface area contributed by atoms with Crippen LogP contribution in [0, 0.1) is 0 Å². The number of benzene rings is 1. The molecule has 10 heteroatoms. The van der Waals surface area contributed by atoms with E-state index in [4.69, 9.17) is 4.74 Å². The van der Waals surface area contributed by atoms with Gasteiger partial charge in [0, 0.05) is 12.1 Å². The average molecular weight is 394 g/mol. The summed E-state index contributed by atoms with van der Waals surface area (Å²) in [6.07, 6.45) is 1.43. The number of amides is 1. The number of ether oxygens (including phenoxy) is 1. The number of aromatic nitrogens is 2. The zero-order valence-electron chi connectivity index (χ0n) is 15.5. The molecular formula is C17H22N4O5S. The number of sulfonamides is 1. The number of para-hydroxylation sites is 1. The Balaban J connectivity index is 2.09. The van der Waals surface area contributed by atoms with Crippen molar-refractivity contribution in [2.75, 3.05) is 16.3 Å². The highest BCUT2D eigenvalue weighted by molar-refractivity contribution is 7.92. The summed E-state index contributed by atoms with van der Waals surface area (Å²) in [7, 11) is -3.57. The Labute approximate surface area is 157 Å². The van der Waals surface area contributed by atoms with Gasteiger partial charge in [0.05, 0.1) is 23.7 Å². The summed E-state index contributed by atoms with van der Waals surface area (Å²) in [6.45, 7) is 5.26. The molecule has 1 heterocycles. The molecule has 27 heavy (non-hydrogen) atoms. The molecule has 0 saturated carbocycles. The van der Waals surface area contributed by atoms with Gasteiger partial charge in [-0.15, -0.1) is 0 Å². The fourth-order valence-electron chi connectivity index (χ4n) is 2.28. The van der Waals surface area contributed by atoms with Crippen molar-refractivity contribution >= 4 is 33.4 Å². The van der Waals surface area contributed by atoms with Gasteiger partial charge in [-0.05, 0) is 32.9 Å². The fourth-order valence-corrected chi connectivity index (χ4v) is 2.86. The first-order valence-corrected chi connectivity index (χ1v) is 10.1.